The van der Waals surface area contributed by atoms with Gasteiger partial charge in [-0.1, -0.05) is 19.3 Å². The Hall–Kier alpha value is -1.36. The van der Waals surface area contributed by atoms with Crippen LogP contribution in [0.4, 0.5) is 5.00 Å². The molecule has 2 N–H and O–H groups in total. The van der Waals surface area contributed by atoms with E-state index in [9.17, 15) is 0 Å². The first kappa shape index (κ1) is 12.7. The fraction of sp³-hybridized carbons (Fsp3) is 0.571. The number of imidazole rings is 1. The third kappa shape index (κ3) is 2.39. The molecule has 19 heavy (non-hydrogen) atoms. The van der Waals surface area contributed by atoms with E-state index < -0.39 is 0 Å². The average molecular weight is 276 g/mol. The Balaban J connectivity index is 1.93. The quantitative estimate of drug-likeness (QED) is 0.930. The van der Waals surface area contributed by atoms with Crippen LogP contribution in [0.5, 0.6) is 0 Å². The van der Waals surface area contributed by atoms with Gasteiger partial charge >= 0.3 is 0 Å². The van der Waals surface area contributed by atoms with E-state index in [1.807, 2.05) is 12.5 Å². The zero-order valence-electron chi connectivity index (χ0n) is 11.3. The van der Waals surface area contributed by atoms with Crippen molar-refractivity contribution in [1.29, 1.82) is 0 Å². The minimum Gasteiger partial charge on any atom is -0.389 e. The van der Waals surface area contributed by atoms with Crippen molar-refractivity contribution in [2.45, 2.75) is 51.5 Å². The van der Waals surface area contributed by atoms with Gasteiger partial charge in [-0.3, -0.25) is 0 Å². The van der Waals surface area contributed by atoms with Crippen LogP contribution in [0.2, 0.25) is 0 Å². The molecule has 0 spiro atoms. The second kappa shape index (κ2) is 5.33. The van der Waals surface area contributed by atoms with Gasteiger partial charge in [-0.2, -0.15) is 0 Å². The zero-order valence-corrected chi connectivity index (χ0v) is 12.1. The van der Waals surface area contributed by atoms with Gasteiger partial charge in [-0.15, -0.1) is 11.3 Å². The summed E-state index contributed by atoms with van der Waals surface area (Å²) in [6.07, 6.45) is 10.2. The molecule has 0 bridgehead atoms. The van der Waals surface area contributed by atoms with Gasteiger partial charge < -0.3 is 10.3 Å². The molecule has 1 fully saturated rings. The lowest BCUT2D eigenvalue weighted by Gasteiger charge is -2.18. The molecule has 0 atom stereocenters. The SMILES string of the molecule is CCn1cncc1-c1nc(C2CCCCC2)sc1N. The van der Waals surface area contributed by atoms with Crippen LogP contribution >= 0.6 is 11.3 Å². The molecule has 0 amide bonds. The first-order valence-corrected chi connectivity index (χ1v) is 7.88. The molecule has 1 aliphatic rings. The molecular weight excluding hydrogens is 256 g/mol. The average Bonchev–Trinajstić information content (AvgIpc) is 3.05. The van der Waals surface area contributed by atoms with Crippen molar-refractivity contribution in [1.82, 2.24) is 14.5 Å². The van der Waals surface area contributed by atoms with E-state index in [0.717, 1.165) is 22.9 Å². The molecule has 5 heteroatoms. The number of aryl methyl sites for hydroxylation is 1. The summed E-state index contributed by atoms with van der Waals surface area (Å²) in [5, 5.41) is 2.05. The largest absolute Gasteiger partial charge is 0.389 e. The number of nitrogens with two attached hydrogens (primary N) is 1. The van der Waals surface area contributed by atoms with Crippen LogP contribution in [0.1, 0.15) is 50.0 Å². The summed E-state index contributed by atoms with van der Waals surface area (Å²) in [6, 6.07) is 0. The van der Waals surface area contributed by atoms with E-state index in [-0.39, 0.29) is 0 Å². The number of nitrogens with zero attached hydrogens (tertiary/aromatic N) is 3. The minimum absolute atomic E-state index is 0.618. The summed E-state index contributed by atoms with van der Waals surface area (Å²) in [6.45, 7) is 3.00. The zero-order chi connectivity index (χ0) is 13.2. The predicted octanol–water partition coefficient (Wildman–Crippen LogP) is 3.66. The molecule has 102 valence electrons. The molecule has 0 aliphatic heterocycles. The van der Waals surface area contributed by atoms with Gasteiger partial charge in [0.2, 0.25) is 0 Å². The van der Waals surface area contributed by atoms with Crippen molar-refractivity contribution in [3.63, 3.8) is 0 Å². The van der Waals surface area contributed by atoms with Gasteiger partial charge in [-0.05, 0) is 19.8 Å². The lowest BCUT2D eigenvalue weighted by atomic mass is 9.90. The van der Waals surface area contributed by atoms with Crippen LogP contribution in [-0.2, 0) is 6.54 Å². The number of anilines is 1. The Bertz CT molecular complexity index is 552. The summed E-state index contributed by atoms with van der Waals surface area (Å²) >= 11 is 1.66. The van der Waals surface area contributed by atoms with E-state index in [2.05, 4.69) is 16.5 Å². The van der Waals surface area contributed by atoms with Crippen LogP contribution in [0.15, 0.2) is 12.5 Å². The van der Waals surface area contributed by atoms with E-state index in [0.29, 0.717) is 5.92 Å². The van der Waals surface area contributed by atoms with Gasteiger partial charge in [0, 0.05) is 12.5 Å². The molecule has 0 radical (unpaired) electrons. The summed E-state index contributed by atoms with van der Waals surface area (Å²) in [5.41, 5.74) is 8.14. The van der Waals surface area contributed by atoms with Gasteiger partial charge in [-0.25, -0.2) is 9.97 Å². The highest BCUT2D eigenvalue weighted by molar-refractivity contribution is 7.16. The Morgan fingerprint density at radius 2 is 2.16 bits per heavy atom. The lowest BCUT2D eigenvalue weighted by Crippen LogP contribution is -2.04. The monoisotopic (exact) mass is 276 g/mol. The lowest BCUT2D eigenvalue weighted by molar-refractivity contribution is 0.442. The number of aromatic nitrogens is 3. The molecule has 0 unspecified atom stereocenters. The van der Waals surface area contributed by atoms with Crippen molar-refractivity contribution in [3.05, 3.63) is 17.5 Å². The van der Waals surface area contributed by atoms with Crippen LogP contribution in [0, 0.1) is 0 Å². The first-order valence-electron chi connectivity index (χ1n) is 7.06. The number of hydrogen-bond donors (Lipinski definition) is 1. The van der Waals surface area contributed by atoms with Crippen molar-refractivity contribution >= 4 is 16.3 Å². The van der Waals surface area contributed by atoms with Crippen molar-refractivity contribution in [2.24, 2.45) is 0 Å². The fourth-order valence-corrected chi connectivity index (χ4v) is 3.84. The summed E-state index contributed by atoms with van der Waals surface area (Å²) in [7, 11) is 0. The number of thiazole rings is 1. The fourth-order valence-electron chi connectivity index (χ4n) is 2.83. The maximum atomic E-state index is 6.18. The van der Waals surface area contributed by atoms with E-state index >= 15 is 0 Å². The minimum atomic E-state index is 0.618. The molecule has 1 aliphatic carbocycles. The number of nitrogen functional groups attached to an aromatic ring is 1. The van der Waals surface area contributed by atoms with Gasteiger partial charge in [0.25, 0.3) is 0 Å². The second-order valence-electron chi connectivity index (χ2n) is 5.16. The third-order valence-electron chi connectivity index (χ3n) is 3.92. The molecule has 3 rings (SSSR count). The van der Waals surface area contributed by atoms with E-state index in [4.69, 9.17) is 10.7 Å². The van der Waals surface area contributed by atoms with E-state index in [1.54, 1.807) is 11.3 Å². The number of rotatable bonds is 3. The van der Waals surface area contributed by atoms with Gasteiger partial charge in [0.15, 0.2) is 0 Å². The summed E-state index contributed by atoms with van der Waals surface area (Å²) in [4.78, 5) is 9.02. The smallest absolute Gasteiger partial charge is 0.123 e. The summed E-state index contributed by atoms with van der Waals surface area (Å²) in [5.74, 6) is 0.618. The third-order valence-corrected chi connectivity index (χ3v) is 4.97. The van der Waals surface area contributed by atoms with Crippen molar-refractivity contribution in [2.75, 3.05) is 5.73 Å². The standard InChI is InChI=1S/C14H20N4S/c1-2-18-9-16-8-11(18)12-13(15)19-14(17-12)10-6-4-3-5-7-10/h8-10H,2-7,15H2,1H3. The second-order valence-corrected chi connectivity index (χ2v) is 6.23. The van der Waals surface area contributed by atoms with Crippen molar-refractivity contribution in [3.8, 4) is 11.4 Å². The topological polar surface area (TPSA) is 56.7 Å². The molecular formula is C14H20N4S. The van der Waals surface area contributed by atoms with Crippen LogP contribution in [0.3, 0.4) is 0 Å². The summed E-state index contributed by atoms with van der Waals surface area (Å²) < 4.78 is 2.09. The van der Waals surface area contributed by atoms with Gasteiger partial charge in [0.1, 0.15) is 10.7 Å². The molecule has 0 aromatic carbocycles. The van der Waals surface area contributed by atoms with Crippen molar-refractivity contribution < 1.29 is 0 Å². The number of hydrogen-bond acceptors (Lipinski definition) is 4. The molecule has 2 aromatic rings. The molecule has 0 saturated heterocycles. The normalized spacial score (nSPS) is 16.9. The highest BCUT2D eigenvalue weighted by Crippen LogP contribution is 2.39. The Labute approximate surface area is 117 Å². The van der Waals surface area contributed by atoms with Crippen LogP contribution in [0.25, 0.3) is 11.4 Å². The first-order chi connectivity index (χ1) is 9.29. The highest BCUT2D eigenvalue weighted by Gasteiger charge is 2.22. The maximum absolute atomic E-state index is 6.18. The molecule has 2 aromatic heterocycles. The maximum Gasteiger partial charge on any atom is 0.123 e. The predicted molar refractivity (Wildman–Crippen MR) is 79.2 cm³/mol. The Morgan fingerprint density at radius 3 is 2.89 bits per heavy atom. The Morgan fingerprint density at radius 1 is 1.37 bits per heavy atom. The van der Waals surface area contributed by atoms with Crippen LogP contribution < -0.4 is 5.73 Å². The highest BCUT2D eigenvalue weighted by atomic mass is 32.1. The van der Waals surface area contributed by atoms with Gasteiger partial charge in [0.05, 0.1) is 23.2 Å². The van der Waals surface area contributed by atoms with Crippen LogP contribution in [-0.4, -0.2) is 14.5 Å². The Kier molecular flexibility index (Phi) is 3.55. The van der Waals surface area contributed by atoms with E-state index in [1.165, 1.54) is 37.1 Å². The molecule has 2 heterocycles. The molecule has 1 saturated carbocycles. The molecule has 4 nitrogen and oxygen atoms in total.